The number of hydrogen-bond donors (Lipinski definition) is 2. The van der Waals surface area contributed by atoms with Crippen LogP contribution in [0.2, 0.25) is 0 Å². The van der Waals surface area contributed by atoms with Crippen LogP contribution in [0.25, 0.3) is 0 Å². The zero-order valence-corrected chi connectivity index (χ0v) is 11.9. The Morgan fingerprint density at radius 1 is 1.26 bits per heavy atom. The van der Waals surface area contributed by atoms with Gasteiger partial charge in [0, 0.05) is 13.1 Å². The molecule has 106 valence electrons. The predicted molar refractivity (Wildman–Crippen MR) is 74.4 cm³/mol. The number of ether oxygens (including phenoxy) is 2. The highest BCUT2D eigenvalue weighted by Crippen LogP contribution is 2.32. The molecule has 1 heterocycles. The van der Waals surface area contributed by atoms with Gasteiger partial charge in [0.1, 0.15) is 0 Å². The van der Waals surface area contributed by atoms with Crippen molar-refractivity contribution in [2.24, 2.45) is 5.41 Å². The number of benzene rings is 1. The molecule has 2 N–H and O–H groups in total. The normalized spacial score (nSPS) is 15.6. The molecule has 1 atom stereocenters. The largest absolute Gasteiger partial charge is 0.454 e. The Morgan fingerprint density at radius 2 is 2.00 bits per heavy atom. The predicted octanol–water partition coefficient (Wildman–Crippen LogP) is 2.30. The second-order valence-corrected chi connectivity index (χ2v) is 6.24. The van der Waals surface area contributed by atoms with Crippen LogP contribution in [0.4, 0.5) is 0 Å². The molecule has 0 saturated carbocycles. The van der Waals surface area contributed by atoms with Gasteiger partial charge in [0.2, 0.25) is 6.79 Å². The van der Waals surface area contributed by atoms with Gasteiger partial charge in [-0.2, -0.15) is 0 Å². The summed E-state index contributed by atoms with van der Waals surface area (Å²) in [5.41, 5.74) is 1.28. The number of nitrogens with one attached hydrogen (secondary N) is 1. The minimum Gasteiger partial charge on any atom is -0.454 e. The molecular weight excluding hydrogens is 242 g/mol. The molecule has 0 aliphatic carbocycles. The monoisotopic (exact) mass is 265 g/mol. The minimum absolute atomic E-state index is 0.153. The van der Waals surface area contributed by atoms with Crippen molar-refractivity contribution in [3.63, 3.8) is 0 Å². The van der Waals surface area contributed by atoms with E-state index in [4.69, 9.17) is 9.47 Å². The van der Waals surface area contributed by atoms with Crippen LogP contribution in [0.3, 0.4) is 0 Å². The van der Waals surface area contributed by atoms with Crippen molar-refractivity contribution in [3.05, 3.63) is 23.8 Å². The van der Waals surface area contributed by atoms with Crippen molar-refractivity contribution in [2.75, 3.05) is 13.3 Å². The molecule has 0 radical (unpaired) electrons. The molecule has 4 nitrogen and oxygen atoms in total. The molecule has 1 unspecified atom stereocenters. The van der Waals surface area contributed by atoms with Crippen LogP contribution in [0, 0.1) is 5.41 Å². The van der Waals surface area contributed by atoms with Gasteiger partial charge >= 0.3 is 0 Å². The van der Waals surface area contributed by atoms with Crippen molar-refractivity contribution < 1.29 is 14.6 Å². The van der Waals surface area contributed by atoms with Gasteiger partial charge < -0.3 is 19.9 Å². The average Bonchev–Trinajstić information content (AvgIpc) is 2.73. The third-order valence-corrected chi connectivity index (χ3v) is 2.99. The SMILES string of the molecule is CC(C)(C)CC(O)CNCc1ccc2c(c1)OCO2. The first-order chi connectivity index (χ1) is 8.94. The second-order valence-electron chi connectivity index (χ2n) is 6.24. The summed E-state index contributed by atoms with van der Waals surface area (Å²) in [4.78, 5) is 0. The average molecular weight is 265 g/mol. The first-order valence-electron chi connectivity index (χ1n) is 6.71. The molecule has 0 fully saturated rings. The van der Waals surface area contributed by atoms with Gasteiger partial charge in [0.05, 0.1) is 6.10 Å². The Morgan fingerprint density at radius 3 is 2.74 bits per heavy atom. The van der Waals surface area contributed by atoms with E-state index in [1.807, 2.05) is 18.2 Å². The van der Waals surface area contributed by atoms with E-state index in [0.29, 0.717) is 13.3 Å². The fourth-order valence-corrected chi connectivity index (χ4v) is 2.21. The number of rotatable bonds is 5. The van der Waals surface area contributed by atoms with Gasteiger partial charge in [-0.05, 0) is 29.5 Å². The van der Waals surface area contributed by atoms with Crippen LogP contribution < -0.4 is 14.8 Å². The van der Waals surface area contributed by atoms with Gasteiger partial charge in [0.15, 0.2) is 11.5 Å². The Hall–Kier alpha value is -1.26. The zero-order valence-electron chi connectivity index (χ0n) is 11.9. The molecule has 1 aromatic carbocycles. The summed E-state index contributed by atoms with van der Waals surface area (Å²) in [6.07, 6.45) is 0.482. The molecule has 19 heavy (non-hydrogen) atoms. The molecule has 0 saturated heterocycles. The van der Waals surface area contributed by atoms with Crippen LogP contribution in [0.5, 0.6) is 11.5 Å². The van der Waals surface area contributed by atoms with E-state index in [1.54, 1.807) is 0 Å². The molecule has 0 bridgehead atoms. The van der Waals surface area contributed by atoms with Crippen LogP contribution in [-0.2, 0) is 6.54 Å². The fraction of sp³-hybridized carbons (Fsp3) is 0.600. The molecule has 0 spiro atoms. The highest BCUT2D eigenvalue weighted by Gasteiger charge is 2.16. The van der Waals surface area contributed by atoms with E-state index in [1.165, 1.54) is 0 Å². The van der Waals surface area contributed by atoms with Crippen molar-refractivity contribution in [1.82, 2.24) is 5.32 Å². The maximum absolute atomic E-state index is 9.91. The van der Waals surface area contributed by atoms with Crippen molar-refractivity contribution >= 4 is 0 Å². The van der Waals surface area contributed by atoms with Gasteiger partial charge in [-0.25, -0.2) is 0 Å². The topological polar surface area (TPSA) is 50.7 Å². The summed E-state index contributed by atoms with van der Waals surface area (Å²) in [5.74, 6) is 1.60. The van der Waals surface area contributed by atoms with E-state index >= 15 is 0 Å². The van der Waals surface area contributed by atoms with Crippen LogP contribution in [0.15, 0.2) is 18.2 Å². The summed E-state index contributed by atoms with van der Waals surface area (Å²) in [6, 6.07) is 5.91. The van der Waals surface area contributed by atoms with Crippen LogP contribution >= 0.6 is 0 Å². The third kappa shape index (κ3) is 4.40. The van der Waals surface area contributed by atoms with E-state index in [0.717, 1.165) is 30.0 Å². The lowest BCUT2D eigenvalue weighted by Gasteiger charge is -2.22. The molecule has 1 aromatic rings. The third-order valence-electron chi connectivity index (χ3n) is 2.99. The van der Waals surface area contributed by atoms with E-state index in [2.05, 4.69) is 26.1 Å². The van der Waals surface area contributed by atoms with Gasteiger partial charge in [-0.15, -0.1) is 0 Å². The Labute approximate surface area is 114 Å². The molecule has 0 amide bonds. The number of fused-ring (bicyclic) bond motifs is 1. The van der Waals surface area contributed by atoms with Gasteiger partial charge in [0.25, 0.3) is 0 Å². The highest BCUT2D eigenvalue weighted by atomic mass is 16.7. The van der Waals surface area contributed by atoms with Crippen LogP contribution in [-0.4, -0.2) is 24.5 Å². The number of hydrogen-bond acceptors (Lipinski definition) is 4. The Bertz CT molecular complexity index is 426. The quantitative estimate of drug-likeness (QED) is 0.857. The van der Waals surface area contributed by atoms with E-state index in [9.17, 15) is 5.11 Å². The molecule has 2 rings (SSSR count). The number of aliphatic hydroxyl groups excluding tert-OH is 1. The van der Waals surface area contributed by atoms with Gasteiger partial charge in [-0.1, -0.05) is 26.8 Å². The summed E-state index contributed by atoms with van der Waals surface area (Å²) in [7, 11) is 0. The lowest BCUT2D eigenvalue weighted by Crippen LogP contribution is -2.29. The maximum atomic E-state index is 9.91. The van der Waals surface area contributed by atoms with E-state index < -0.39 is 0 Å². The second kappa shape index (κ2) is 5.80. The molecule has 4 heteroatoms. The zero-order chi connectivity index (χ0) is 13.9. The molecule has 1 aliphatic heterocycles. The molecule has 1 aliphatic rings. The van der Waals surface area contributed by atoms with Gasteiger partial charge in [-0.3, -0.25) is 0 Å². The number of aliphatic hydroxyl groups is 1. The van der Waals surface area contributed by atoms with E-state index in [-0.39, 0.29) is 11.5 Å². The maximum Gasteiger partial charge on any atom is 0.231 e. The summed E-state index contributed by atoms with van der Waals surface area (Å²) in [5, 5.41) is 13.2. The minimum atomic E-state index is -0.311. The highest BCUT2D eigenvalue weighted by molar-refractivity contribution is 5.44. The Balaban J connectivity index is 1.77. The molecule has 0 aromatic heterocycles. The first kappa shape index (κ1) is 14.2. The standard InChI is InChI=1S/C15H23NO3/c1-15(2,3)7-12(17)9-16-8-11-4-5-13-14(6-11)19-10-18-13/h4-6,12,16-17H,7-10H2,1-3H3. The summed E-state index contributed by atoms with van der Waals surface area (Å²) >= 11 is 0. The summed E-state index contributed by atoms with van der Waals surface area (Å²) in [6.45, 7) is 8.02. The lowest BCUT2D eigenvalue weighted by molar-refractivity contribution is 0.119. The summed E-state index contributed by atoms with van der Waals surface area (Å²) < 4.78 is 10.6. The van der Waals surface area contributed by atoms with Crippen molar-refractivity contribution in [1.29, 1.82) is 0 Å². The molecular formula is C15H23NO3. The fourth-order valence-electron chi connectivity index (χ4n) is 2.21. The lowest BCUT2D eigenvalue weighted by atomic mass is 9.89. The van der Waals surface area contributed by atoms with Crippen molar-refractivity contribution in [2.45, 2.75) is 39.8 Å². The smallest absolute Gasteiger partial charge is 0.231 e. The first-order valence-corrected chi connectivity index (χ1v) is 6.71. The van der Waals surface area contributed by atoms with Crippen molar-refractivity contribution in [3.8, 4) is 11.5 Å². The Kier molecular flexibility index (Phi) is 4.32. The van der Waals surface area contributed by atoms with Crippen LogP contribution in [0.1, 0.15) is 32.8 Å².